The summed E-state index contributed by atoms with van der Waals surface area (Å²) in [4.78, 5) is 29.6. The van der Waals surface area contributed by atoms with Gasteiger partial charge in [0.2, 0.25) is 0 Å². The molecule has 0 fully saturated rings. The summed E-state index contributed by atoms with van der Waals surface area (Å²) in [5.41, 5.74) is 0.551. The van der Waals surface area contributed by atoms with Crippen molar-refractivity contribution < 1.29 is 22.4 Å². The van der Waals surface area contributed by atoms with Crippen LogP contribution in [0, 0.1) is 5.82 Å². The Hall–Kier alpha value is -3.59. The quantitative estimate of drug-likeness (QED) is 0.652. The van der Waals surface area contributed by atoms with Crippen LogP contribution in [0.5, 0.6) is 0 Å². The summed E-state index contributed by atoms with van der Waals surface area (Å²) in [6.07, 6.45) is 1.39. The molecule has 4 rings (SSSR count). The summed E-state index contributed by atoms with van der Waals surface area (Å²) in [7, 11) is -4.17. The SMILES string of the molecule is O=C1c2cccnc2C(=O)N1Cc1ccc(F)cc1S(=O)(=O)Nc1ccccc1. The van der Waals surface area contributed by atoms with Crippen LogP contribution >= 0.6 is 0 Å². The molecule has 2 aromatic carbocycles. The number of amides is 2. The van der Waals surface area contributed by atoms with Crippen molar-refractivity contribution in [1.29, 1.82) is 0 Å². The number of sulfonamides is 1. The van der Waals surface area contributed by atoms with Crippen LogP contribution in [-0.2, 0) is 16.6 Å². The summed E-state index contributed by atoms with van der Waals surface area (Å²) in [5.74, 6) is -1.97. The Balaban J connectivity index is 1.70. The minimum Gasteiger partial charge on any atom is -0.280 e. The van der Waals surface area contributed by atoms with Crippen LogP contribution in [0.3, 0.4) is 0 Å². The number of hydrogen-bond donors (Lipinski definition) is 1. The van der Waals surface area contributed by atoms with E-state index in [0.29, 0.717) is 5.69 Å². The lowest BCUT2D eigenvalue weighted by molar-refractivity contribution is 0.0639. The molecule has 146 valence electrons. The lowest BCUT2D eigenvalue weighted by Crippen LogP contribution is -2.30. The van der Waals surface area contributed by atoms with Gasteiger partial charge in [0.25, 0.3) is 21.8 Å². The molecule has 0 radical (unpaired) electrons. The van der Waals surface area contributed by atoms with E-state index in [9.17, 15) is 22.4 Å². The lowest BCUT2D eigenvalue weighted by Gasteiger charge is -2.17. The molecule has 0 saturated heterocycles. The summed E-state index contributed by atoms with van der Waals surface area (Å²) >= 11 is 0. The second kappa shape index (κ2) is 7.10. The Morgan fingerprint density at radius 1 is 0.966 bits per heavy atom. The molecule has 1 aromatic heterocycles. The smallest absolute Gasteiger partial charge is 0.280 e. The maximum Gasteiger partial charge on any atom is 0.280 e. The summed E-state index contributed by atoms with van der Waals surface area (Å²) in [6.45, 7) is -0.334. The van der Waals surface area contributed by atoms with Crippen LogP contribution in [0.2, 0.25) is 0 Å². The van der Waals surface area contributed by atoms with Crippen LogP contribution in [0.4, 0.5) is 10.1 Å². The Labute approximate surface area is 165 Å². The zero-order valence-corrected chi connectivity index (χ0v) is 15.7. The molecule has 2 heterocycles. The van der Waals surface area contributed by atoms with E-state index in [0.717, 1.165) is 17.0 Å². The monoisotopic (exact) mass is 411 g/mol. The van der Waals surface area contributed by atoms with Crippen molar-refractivity contribution in [2.45, 2.75) is 11.4 Å². The number of rotatable bonds is 5. The van der Waals surface area contributed by atoms with E-state index in [1.165, 1.54) is 24.4 Å². The summed E-state index contributed by atoms with van der Waals surface area (Å²) in [6, 6.07) is 14.3. The first-order chi connectivity index (χ1) is 13.9. The molecule has 0 spiro atoms. The lowest BCUT2D eigenvalue weighted by atomic mass is 10.2. The predicted molar refractivity (Wildman–Crippen MR) is 102 cm³/mol. The van der Waals surface area contributed by atoms with Gasteiger partial charge in [0.05, 0.1) is 17.0 Å². The molecule has 1 aliphatic heterocycles. The van der Waals surface area contributed by atoms with Crippen LogP contribution in [0.1, 0.15) is 26.4 Å². The number of fused-ring (bicyclic) bond motifs is 1. The van der Waals surface area contributed by atoms with Gasteiger partial charge in [0, 0.05) is 11.9 Å². The van der Waals surface area contributed by atoms with Gasteiger partial charge in [0.1, 0.15) is 11.5 Å². The van der Waals surface area contributed by atoms with Crippen LogP contribution in [0.15, 0.2) is 71.8 Å². The number of hydrogen-bond acceptors (Lipinski definition) is 5. The van der Waals surface area contributed by atoms with Gasteiger partial charge in [-0.25, -0.2) is 12.8 Å². The van der Waals surface area contributed by atoms with Crippen molar-refractivity contribution in [3.8, 4) is 0 Å². The van der Waals surface area contributed by atoms with E-state index < -0.39 is 27.7 Å². The summed E-state index contributed by atoms with van der Waals surface area (Å²) in [5, 5.41) is 0. The minimum atomic E-state index is -4.17. The number of pyridine rings is 1. The third-order valence-corrected chi connectivity index (χ3v) is 5.87. The number of halogens is 1. The Morgan fingerprint density at radius 3 is 2.45 bits per heavy atom. The Morgan fingerprint density at radius 2 is 1.72 bits per heavy atom. The van der Waals surface area contributed by atoms with Gasteiger partial charge in [-0.05, 0) is 42.0 Å². The van der Waals surface area contributed by atoms with Crippen LogP contribution < -0.4 is 4.72 Å². The van der Waals surface area contributed by atoms with Gasteiger partial charge in [-0.3, -0.25) is 24.2 Å². The number of nitrogens with zero attached hydrogens (tertiary/aromatic N) is 2. The van der Waals surface area contributed by atoms with Crippen LogP contribution in [-0.4, -0.2) is 30.1 Å². The van der Waals surface area contributed by atoms with Gasteiger partial charge in [-0.2, -0.15) is 0 Å². The van der Waals surface area contributed by atoms with Gasteiger partial charge >= 0.3 is 0 Å². The van der Waals surface area contributed by atoms with E-state index in [-0.39, 0.29) is 28.3 Å². The molecule has 29 heavy (non-hydrogen) atoms. The molecule has 0 unspecified atom stereocenters. The number of aromatic nitrogens is 1. The van der Waals surface area contributed by atoms with Gasteiger partial charge in [0.15, 0.2) is 0 Å². The molecular formula is C20H14FN3O4S. The normalized spacial score (nSPS) is 13.5. The topological polar surface area (TPSA) is 96.4 Å². The second-order valence-electron chi connectivity index (χ2n) is 6.32. The summed E-state index contributed by atoms with van der Waals surface area (Å²) < 4.78 is 41.9. The first kappa shape index (κ1) is 18.8. The molecule has 2 amide bonds. The van der Waals surface area contributed by atoms with Crippen molar-refractivity contribution in [2.24, 2.45) is 0 Å². The van der Waals surface area contributed by atoms with Gasteiger partial charge < -0.3 is 0 Å². The van der Waals surface area contributed by atoms with Crippen molar-refractivity contribution in [1.82, 2.24) is 9.88 Å². The zero-order chi connectivity index (χ0) is 20.6. The Bertz CT molecular complexity index is 1190. The molecule has 3 aromatic rings. The highest BCUT2D eigenvalue weighted by atomic mass is 32.2. The second-order valence-corrected chi connectivity index (χ2v) is 7.97. The highest BCUT2D eigenvalue weighted by Crippen LogP contribution is 2.26. The first-order valence-electron chi connectivity index (χ1n) is 8.54. The molecule has 1 aliphatic rings. The van der Waals surface area contributed by atoms with Crippen molar-refractivity contribution >= 4 is 27.5 Å². The third kappa shape index (κ3) is 3.47. The largest absolute Gasteiger partial charge is 0.280 e. The van der Waals surface area contributed by atoms with Gasteiger partial charge in [-0.1, -0.05) is 24.3 Å². The number of carbonyl (C=O) groups is 2. The molecule has 0 atom stereocenters. The molecule has 0 aliphatic carbocycles. The predicted octanol–water partition coefficient (Wildman–Crippen LogP) is 2.82. The number of imide groups is 1. The maximum absolute atomic E-state index is 13.8. The average Bonchev–Trinajstić information content (AvgIpc) is 2.95. The molecule has 1 N–H and O–H groups in total. The van der Waals surface area contributed by atoms with E-state index in [2.05, 4.69) is 9.71 Å². The fourth-order valence-corrected chi connectivity index (χ4v) is 4.36. The number of carbonyl (C=O) groups excluding carboxylic acids is 2. The van der Waals surface area contributed by atoms with Crippen molar-refractivity contribution in [3.05, 3.63) is 89.5 Å². The first-order valence-corrected chi connectivity index (χ1v) is 10.0. The van der Waals surface area contributed by atoms with Gasteiger partial charge in [-0.15, -0.1) is 0 Å². The number of nitrogens with one attached hydrogen (secondary N) is 1. The van der Waals surface area contributed by atoms with Crippen LogP contribution in [0.25, 0.3) is 0 Å². The minimum absolute atomic E-state index is 0.00595. The van der Waals surface area contributed by atoms with Crippen molar-refractivity contribution in [3.63, 3.8) is 0 Å². The number of benzene rings is 2. The average molecular weight is 411 g/mol. The molecule has 9 heteroatoms. The van der Waals surface area contributed by atoms with Crippen molar-refractivity contribution in [2.75, 3.05) is 4.72 Å². The number of para-hydroxylation sites is 1. The van der Waals surface area contributed by atoms with E-state index in [1.54, 1.807) is 30.3 Å². The highest BCUT2D eigenvalue weighted by molar-refractivity contribution is 7.92. The maximum atomic E-state index is 13.8. The molecule has 7 nitrogen and oxygen atoms in total. The molecular weight excluding hydrogens is 397 g/mol. The van der Waals surface area contributed by atoms with E-state index in [1.807, 2.05) is 0 Å². The third-order valence-electron chi connectivity index (χ3n) is 4.40. The molecule has 0 saturated carbocycles. The number of anilines is 1. The fourth-order valence-electron chi connectivity index (χ4n) is 3.05. The highest BCUT2D eigenvalue weighted by Gasteiger charge is 2.37. The Kier molecular flexibility index (Phi) is 4.59. The fraction of sp³-hybridized carbons (Fsp3) is 0.0500. The standard InChI is InChI=1S/C20H14FN3O4S/c21-14-9-8-13(12-24-19(25)16-7-4-10-22-18(16)20(24)26)17(11-14)29(27,28)23-15-5-2-1-3-6-15/h1-11,23H,12H2. The van der Waals surface area contributed by atoms with E-state index >= 15 is 0 Å². The van der Waals surface area contributed by atoms with E-state index in [4.69, 9.17) is 0 Å². The zero-order valence-electron chi connectivity index (χ0n) is 14.9. The molecule has 0 bridgehead atoms.